The summed E-state index contributed by atoms with van der Waals surface area (Å²) in [6.45, 7) is 1.93. The van der Waals surface area contributed by atoms with Gasteiger partial charge in [0.15, 0.2) is 0 Å². The van der Waals surface area contributed by atoms with E-state index in [1.807, 2.05) is 25.1 Å². The van der Waals surface area contributed by atoms with Gasteiger partial charge in [0.05, 0.1) is 6.42 Å². The molecule has 108 valence electrons. The predicted octanol–water partition coefficient (Wildman–Crippen LogP) is 2.30. The van der Waals surface area contributed by atoms with Crippen LogP contribution in [0, 0.1) is 6.92 Å². The van der Waals surface area contributed by atoms with Crippen LogP contribution in [0.1, 0.15) is 21.5 Å². The van der Waals surface area contributed by atoms with Gasteiger partial charge in [-0.15, -0.1) is 0 Å². The number of nitrogens with one attached hydrogen (secondary N) is 2. The molecule has 0 aromatic heterocycles. The van der Waals surface area contributed by atoms with Crippen LogP contribution in [0.5, 0.6) is 0 Å². The van der Waals surface area contributed by atoms with E-state index in [1.54, 1.807) is 35.8 Å². The molecule has 3 N–H and O–H groups in total. The van der Waals surface area contributed by atoms with Crippen LogP contribution in [0.15, 0.2) is 48.5 Å². The van der Waals surface area contributed by atoms with Gasteiger partial charge >= 0.3 is 0 Å². The first-order valence-electron chi connectivity index (χ1n) is 6.48. The lowest BCUT2D eigenvalue weighted by Gasteiger charge is -2.07. The SMILES string of the molecule is Cc1cccc(C(=O)Nc2ccc(CC(=O)NO)cc2)c1. The Bertz CT molecular complexity index is 651. The molecule has 0 aliphatic rings. The first kappa shape index (κ1) is 14.7. The summed E-state index contributed by atoms with van der Waals surface area (Å²) in [6, 6.07) is 14.2. The summed E-state index contributed by atoms with van der Waals surface area (Å²) in [5.41, 5.74) is 4.59. The minimum atomic E-state index is -0.480. The van der Waals surface area contributed by atoms with Crippen molar-refractivity contribution in [3.8, 4) is 0 Å². The number of carbonyl (C=O) groups excluding carboxylic acids is 2. The first-order valence-corrected chi connectivity index (χ1v) is 6.48. The second kappa shape index (κ2) is 6.67. The van der Waals surface area contributed by atoms with E-state index in [2.05, 4.69) is 5.32 Å². The van der Waals surface area contributed by atoms with E-state index >= 15 is 0 Å². The molecule has 2 amide bonds. The second-order valence-corrected chi connectivity index (χ2v) is 4.73. The summed E-state index contributed by atoms with van der Waals surface area (Å²) in [4.78, 5) is 23.1. The van der Waals surface area contributed by atoms with Gasteiger partial charge in [-0.2, -0.15) is 0 Å². The van der Waals surface area contributed by atoms with E-state index < -0.39 is 5.91 Å². The van der Waals surface area contributed by atoms with Gasteiger partial charge in [0.2, 0.25) is 5.91 Å². The molecule has 0 unspecified atom stereocenters. The summed E-state index contributed by atoms with van der Waals surface area (Å²) < 4.78 is 0. The van der Waals surface area contributed by atoms with Crippen molar-refractivity contribution in [2.24, 2.45) is 0 Å². The average molecular weight is 284 g/mol. The zero-order valence-electron chi connectivity index (χ0n) is 11.6. The number of aryl methyl sites for hydroxylation is 1. The Balaban J connectivity index is 2.03. The Morgan fingerprint density at radius 1 is 1.10 bits per heavy atom. The highest BCUT2D eigenvalue weighted by Crippen LogP contribution is 2.12. The van der Waals surface area contributed by atoms with E-state index in [1.165, 1.54) is 0 Å². The third kappa shape index (κ3) is 4.15. The number of benzene rings is 2. The Labute approximate surface area is 122 Å². The highest BCUT2D eigenvalue weighted by Gasteiger charge is 2.06. The summed E-state index contributed by atoms with van der Waals surface area (Å²) in [5, 5.41) is 11.3. The molecule has 0 radical (unpaired) electrons. The maximum Gasteiger partial charge on any atom is 0.255 e. The minimum Gasteiger partial charge on any atom is -0.322 e. The molecule has 0 saturated heterocycles. The number of hydroxylamine groups is 1. The van der Waals surface area contributed by atoms with Crippen molar-refractivity contribution in [1.29, 1.82) is 0 Å². The van der Waals surface area contributed by atoms with Crippen molar-refractivity contribution in [2.75, 3.05) is 5.32 Å². The van der Waals surface area contributed by atoms with Crippen molar-refractivity contribution in [2.45, 2.75) is 13.3 Å². The molecule has 0 spiro atoms. The van der Waals surface area contributed by atoms with E-state index in [4.69, 9.17) is 5.21 Å². The van der Waals surface area contributed by atoms with Crippen LogP contribution in [-0.4, -0.2) is 17.0 Å². The summed E-state index contributed by atoms with van der Waals surface area (Å²) >= 11 is 0. The predicted molar refractivity (Wildman–Crippen MR) is 79.2 cm³/mol. The van der Waals surface area contributed by atoms with Gasteiger partial charge < -0.3 is 5.32 Å². The summed E-state index contributed by atoms with van der Waals surface area (Å²) in [5.74, 6) is -0.661. The molecule has 0 fully saturated rings. The van der Waals surface area contributed by atoms with Gasteiger partial charge in [0, 0.05) is 11.3 Å². The van der Waals surface area contributed by atoms with Crippen LogP contribution in [0.3, 0.4) is 0 Å². The molecule has 0 aliphatic carbocycles. The first-order chi connectivity index (χ1) is 10.1. The van der Waals surface area contributed by atoms with Crippen molar-refractivity contribution >= 4 is 17.5 Å². The molecule has 0 bridgehead atoms. The molecule has 0 aliphatic heterocycles. The maximum atomic E-state index is 12.1. The van der Waals surface area contributed by atoms with Crippen molar-refractivity contribution in [3.05, 3.63) is 65.2 Å². The van der Waals surface area contributed by atoms with Gasteiger partial charge in [-0.25, -0.2) is 5.48 Å². The van der Waals surface area contributed by atoms with E-state index in [0.717, 1.165) is 11.1 Å². The van der Waals surface area contributed by atoms with Gasteiger partial charge in [-0.1, -0.05) is 29.8 Å². The van der Waals surface area contributed by atoms with E-state index in [-0.39, 0.29) is 12.3 Å². The second-order valence-electron chi connectivity index (χ2n) is 4.73. The molecule has 5 nitrogen and oxygen atoms in total. The van der Waals surface area contributed by atoms with Crippen molar-refractivity contribution in [1.82, 2.24) is 5.48 Å². The van der Waals surface area contributed by atoms with Crippen LogP contribution in [0.25, 0.3) is 0 Å². The lowest BCUT2D eigenvalue weighted by Crippen LogP contribution is -2.20. The molecular formula is C16H16N2O3. The fraction of sp³-hybridized carbons (Fsp3) is 0.125. The molecular weight excluding hydrogens is 268 g/mol. The van der Waals surface area contributed by atoms with Crippen LogP contribution in [-0.2, 0) is 11.2 Å². The Morgan fingerprint density at radius 2 is 1.81 bits per heavy atom. The lowest BCUT2D eigenvalue weighted by molar-refractivity contribution is -0.128. The lowest BCUT2D eigenvalue weighted by atomic mass is 10.1. The highest BCUT2D eigenvalue weighted by atomic mass is 16.5. The number of anilines is 1. The third-order valence-corrected chi connectivity index (χ3v) is 2.98. The Morgan fingerprint density at radius 3 is 2.43 bits per heavy atom. The van der Waals surface area contributed by atoms with Crippen LogP contribution >= 0.6 is 0 Å². The Kier molecular flexibility index (Phi) is 4.68. The van der Waals surface area contributed by atoms with Crippen molar-refractivity contribution < 1.29 is 14.8 Å². The molecule has 0 heterocycles. The average Bonchev–Trinajstić information content (AvgIpc) is 2.49. The third-order valence-electron chi connectivity index (χ3n) is 2.98. The monoisotopic (exact) mass is 284 g/mol. The van der Waals surface area contributed by atoms with Crippen LogP contribution in [0.2, 0.25) is 0 Å². The zero-order chi connectivity index (χ0) is 15.2. The summed E-state index contributed by atoms with van der Waals surface area (Å²) in [6.07, 6.45) is 0.0859. The minimum absolute atomic E-state index is 0.0859. The number of rotatable bonds is 4. The van der Waals surface area contributed by atoms with Gasteiger partial charge in [0.1, 0.15) is 0 Å². The van der Waals surface area contributed by atoms with Gasteiger partial charge in [-0.05, 0) is 36.8 Å². The van der Waals surface area contributed by atoms with Gasteiger partial charge in [-0.3, -0.25) is 14.8 Å². The van der Waals surface area contributed by atoms with Gasteiger partial charge in [0.25, 0.3) is 5.91 Å². The van der Waals surface area contributed by atoms with E-state index in [9.17, 15) is 9.59 Å². The molecule has 2 aromatic rings. The topological polar surface area (TPSA) is 78.4 Å². The zero-order valence-corrected chi connectivity index (χ0v) is 11.6. The summed E-state index contributed by atoms with van der Waals surface area (Å²) in [7, 11) is 0. The number of carbonyl (C=O) groups is 2. The fourth-order valence-corrected chi connectivity index (χ4v) is 1.92. The quantitative estimate of drug-likeness (QED) is 0.595. The molecule has 0 atom stereocenters. The molecule has 0 saturated carbocycles. The number of amides is 2. The fourth-order valence-electron chi connectivity index (χ4n) is 1.92. The van der Waals surface area contributed by atoms with Crippen LogP contribution in [0.4, 0.5) is 5.69 Å². The number of hydrogen-bond donors (Lipinski definition) is 3. The highest BCUT2D eigenvalue weighted by molar-refractivity contribution is 6.04. The van der Waals surface area contributed by atoms with E-state index in [0.29, 0.717) is 11.3 Å². The largest absolute Gasteiger partial charge is 0.322 e. The van der Waals surface area contributed by atoms with Crippen LogP contribution < -0.4 is 10.8 Å². The number of hydrogen-bond acceptors (Lipinski definition) is 3. The molecule has 21 heavy (non-hydrogen) atoms. The standard InChI is InChI=1S/C16H16N2O3/c1-11-3-2-4-13(9-11)16(20)17-14-7-5-12(6-8-14)10-15(19)18-21/h2-9,21H,10H2,1H3,(H,17,20)(H,18,19). The molecule has 5 heteroatoms. The van der Waals surface area contributed by atoms with Crippen molar-refractivity contribution in [3.63, 3.8) is 0 Å². The molecule has 2 aromatic carbocycles. The Hall–Kier alpha value is -2.66. The maximum absolute atomic E-state index is 12.1. The molecule has 2 rings (SSSR count). The smallest absolute Gasteiger partial charge is 0.255 e. The normalized spacial score (nSPS) is 10.0.